The Balaban J connectivity index is 1.24. The molecule has 3 heterocycles. The second kappa shape index (κ2) is 9.67. The van der Waals surface area contributed by atoms with Gasteiger partial charge in [-0.05, 0) is 42.0 Å². The number of thioether (sulfide) groups is 1. The van der Waals surface area contributed by atoms with Crippen LogP contribution in [-0.2, 0) is 6.61 Å². The number of nitrogens with one attached hydrogen (secondary N) is 1. The smallest absolute Gasteiger partial charge is 0.209 e. The molecule has 0 saturated heterocycles. The van der Waals surface area contributed by atoms with Crippen molar-refractivity contribution in [1.82, 2.24) is 29.9 Å². The average Bonchev–Trinajstić information content (AvgIpc) is 3.63. The Morgan fingerprint density at radius 1 is 1.12 bits per heavy atom. The van der Waals surface area contributed by atoms with Crippen LogP contribution in [0, 0.1) is 0 Å². The van der Waals surface area contributed by atoms with Crippen molar-refractivity contribution >= 4 is 11.8 Å². The van der Waals surface area contributed by atoms with Gasteiger partial charge in [0.15, 0.2) is 11.6 Å². The molecule has 3 aromatic heterocycles. The van der Waals surface area contributed by atoms with E-state index in [1.54, 1.807) is 11.0 Å². The van der Waals surface area contributed by atoms with Gasteiger partial charge in [-0.15, -0.1) is 5.10 Å². The van der Waals surface area contributed by atoms with Crippen LogP contribution in [0.1, 0.15) is 5.56 Å². The minimum atomic E-state index is 0.0718. The van der Waals surface area contributed by atoms with Gasteiger partial charge in [-0.1, -0.05) is 42.6 Å². The molecule has 2 N–H and O–H groups in total. The van der Waals surface area contributed by atoms with E-state index in [2.05, 4.69) is 31.8 Å². The summed E-state index contributed by atoms with van der Waals surface area (Å²) < 4.78 is 13.7. The van der Waals surface area contributed by atoms with Crippen molar-refractivity contribution in [2.75, 3.05) is 5.75 Å². The molecule has 0 radical (unpaired) electrons. The van der Waals surface area contributed by atoms with Crippen LogP contribution in [0.3, 0.4) is 0 Å². The van der Waals surface area contributed by atoms with Crippen LogP contribution in [-0.4, -0.2) is 40.8 Å². The summed E-state index contributed by atoms with van der Waals surface area (Å²) in [4.78, 5) is 8.34. The van der Waals surface area contributed by atoms with E-state index in [9.17, 15) is 5.11 Å². The van der Waals surface area contributed by atoms with E-state index in [0.717, 1.165) is 22.6 Å². The number of aliphatic hydroxyl groups is 1. The first kappa shape index (κ1) is 21.5. The maximum atomic E-state index is 9.22. The summed E-state index contributed by atoms with van der Waals surface area (Å²) in [5.41, 5.74) is 2.86. The van der Waals surface area contributed by atoms with Crippen LogP contribution < -0.4 is 4.74 Å². The van der Waals surface area contributed by atoms with Gasteiger partial charge in [0.1, 0.15) is 30.8 Å². The molecule has 170 valence electrons. The van der Waals surface area contributed by atoms with Crippen molar-refractivity contribution in [2.24, 2.45) is 0 Å². The molecule has 0 amide bonds. The first-order valence-corrected chi connectivity index (χ1v) is 11.3. The molecule has 0 fully saturated rings. The number of hydrogen-bond acceptors (Lipinski definition) is 8. The quantitative estimate of drug-likeness (QED) is 0.226. The second-order valence-electron chi connectivity index (χ2n) is 7.31. The molecule has 5 aromatic rings. The maximum absolute atomic E-state index is 9.22. The standard InChI is InChI=1S/C24H20N6O3S/c1-16(31)13-34-24-27-23(28-29-24)22-10-9-21(33-22)18-3-2-4-20(11-18)32-12-17-5-7-19(8-6-17)30-15-25-14-26-30/h2-11,14-15,31H,1,12-13H2,(H,27,28,29). The van der Waals surface area contributed by atoms with Crippen molar-refractivity contribution in [2.45, 2.75) is 11.8 Å². The van der Waals surface area contributed by atoms with Gasteiger partial charge < -0.3 is 14.3 Å². The number of hydrogen-bond donors (Lipinski definition) is 2. The molecular formula is C24H20N6O3S. The highest BCUT2D eigenvalue weighted by molar-refractivity contribution is 7.99. The highest BCUT2D eigenvalue weighted by atomic mass is 32.2. The SMILES string of the molecule is C=C(O)CSc1n[nH]c(-c2ccc(-c3cccc(OCc4ccc(-n5cncn5)cc4)c3)o2)n1. The summed E-state index contributed by atoms with van der Waals surface area (Å²) in [6, 6.07) is 19.4. The number of aliphatic hydroxyl groups excluding tert-OH is 1. The topological polar surface area (TPSA) is 115 Å². The first-order chi connectivity index (χ1) is 16.6. The van der Waals surface area contributed by atoms with Crippen molar-refractivity contribution in [3.8, 4) is 34.3 Å². The van der Waals surface area contributed by atoms with Gasteiger partial charge in [0, 0.05) is 5.56 Å². The third-order valence-electron chi connectivity index (χ3n) is 4.82. The minimum Gasteiger partial charge on any atom is -0.512 e. The Kier molecular flexibility index (Phi) is 6.13. The molecule has 0 aliphatic carbocycles. The molecule has 10 heteroatoms. The number of aromatic nitrogens is 6. The minimum absolute atomic E-state index is 0.0718. The zero-order chi connectivity index (χ0) is 23.3. The number of aromatic amines is 1. The number of benzene rings is 2. The fourth-order valence-corrected chi connectivity index (χ4v) is 3.74. The fourth-order valence-electron chi connectivity index (χ4n) is 3.18. The normalized spacial score (nSPS) is 10.9. The molecule has 9 nitrogen and oxygen atoms in total. The summed E-state index contributed by atoms with van der Waals surface area (Å²) in [6.45, 7) is 3.89. The van der Waals surface area contributed by atoms with Gasteiger partial charge >= 0.3 is 0 Å². The van der Waals surface area contributed by atoms with Crippen LogP contribution in [0.15, 0.2) is 95.2 Å². The lowest BCUT2D eigenvalue weighted by Crippen LogP contribution is -1.98. The van der Waals surface area contributed by atoms with E-state index in [0.29, 0.717) is 34.9 Å². The van der Waals surface area contributed by atoms with Gasteiger partial charge in [0.2, 0.25) is 5.16 Å². The number of ether oxygens (including phenoxy) is 1. The number of H-pyrrole nitrogens is 1. The van der Waals surface area contributed by atoms with Gasteiger partial charge in [0.25, 0.3) is 0 Å². The van der Waals surface area contributed by atoms with Gasteiger partial charge in [-0.2, -0.15) is 10.1 Å². The van der Waals surface area contributed by atoms with Crippen LogP contribution >= 0.6 is 11.8 Å². The predicted molar refractivity (Wildman–Crippen MR) is 128 cm³/mol. The van der Waals surface area contributed by atoms with Crippen LogP contribution in [0.5, 0.6) is 5.75 Å². The molecule has 0 spiro atoms. The van der Waals surface area contributed by atoms with E-state index in [1.807, 2.05) is 60.7 Å². The first-order valence-electron chi connectivity index (χ1n) is 10.3. The Morgan fingerprint density at radius 2 is 1.97 bits per heavy atom. The zero-order valence-corrected chi connectivity index (χ0v) is 18.8. The molecular weight excluding hydrogens is 452 g/mol. The molecule has 5 rings (SSSR count). The van der Waals surface area contributed by atoms with Crippen LogP contribution in [0.25, 0.3) is 28.6 Å². The monoisotopic (exact) mass is 472 g/mol. The predicted octanol–water partition coefficient (Wildman–Crippen LogP) is 5.06. The fraction of sp³-hybridized carbons (Fsp3) is 0.0833. The summed E-state index contributed by atoms with van der Waals surface area (Å²) >= 11 is 1.28. The lowest BCUT2D eigenvalue weighted by atomic mass is 10.1. The Labute approximate surface area is 199 Å². The average molecular weight is 473 g/mol. The molecule has 2 aromatic carbocycles. The number of rotatable bonds is 9. The summed E-state index contributed by atoms with van der Waals surface area (Å²) in [6.07, 6.45) is 3.16. The second-order valence-corrected chi connectivity index (χ2v) is 8.25. The summed E-state index contributed by atoms with van der Waals surface area (Å²) in [5.74, 6) is 2.90. The molecule has 0 aliphatic rings. The summed E-state index contributed by atoms with van der Waals surface area (Å²) in [7, 11) is 0. The van der Waals surface area contributed by atoms with Crippen LogP contribution in [0.2, 0.25) is 0 Å². The Hall–Kier alpha value is -4.31. The number of nitrogens with zero attached hydrogens (tertiary/aromatic N) is 5. The van der Waals surface area contributed by atoms with Gasteiger partial charge in [-0.25, -0.2) is 9.67 Å². The highest BCUT2D eigenvalue weighted by Gasteiger charge is 2.12. The molecule has 0 bridgehead atoms. The highest BCUT2D eigenvalue weighted by Crippen LogP contribution is 2.30. The van der Waals surface area contributed by atoms with E-state index >= 15 is 0 Å². The van der Waals surface area contributed by atoms with Gasteiger partial charge in [-0.3, -0.25) is 5.10 Å². The third kappa shape index (κ3) is 5.02. The van der Waals surface area contributed by atoms with E-state index < -0.39 is 0 Å². The molecule has 0 aliphatic heterocycles. The summed E-state index contributed by atoms with van der Waals surface area (Å²) in [5, 5.41) is 20.8. The van der Waals surface area contributed by atoms with Gasteiger partial charge in [0.05, 0.1) is 17.2 Å². The third-order valence-corrected chi connectivity index (χ3v) is 5.73. The lowest BCUT2D eigenvalue weighted by Gasteiger charge is -2.08. The van der Waals surface area contributed by atoms with E-state index in [4.69, 9.17) is 9.15 Å². The lowest BCUT2D eigenvalue weighted by molar-refractivity contribution is 0.306. The van der Waals surface area contributed by atoms with Crippen molar-refractivity contribution in [3.05, 3.63) is 91.2 Å². The van der Waals surface area contributed by atoms with E-state index in [-0.39, 0.29) is 5.76 Å². The van der Waals surface area contributed by atoms with Crippen molar-refractivity contribution in [3.63, 3.8) is 0 Å². The van der Waals surface area contributed by atoms with E-state index in [1.165, 1.54) is 18.1 Å². The molecule has 0 saturated carbocycles. The largest absolute Gasteiger partial charge is 0.512 e. The maximum Gasteiger partial charge on any atom is 0.209 e. The van der Waals surface area contributed by atoms with Crippen LogP contribution in [0.4, 0.5) is 0 Å². The Morgan fingerprint density at radius 3 is 2.76 bits per heavy atom. The zero-order valence-electron chi connectivity index (χ0n) is 18.0. The molecule has 0 atom stereocenters. The number of furan rings is 1. The van der Waals surface area contributed by atoms with Crippen molar-refractivity contribution < 1.29 is 14.3 Å². The molecule has 0 unspecified atom stereocenters. The molecule has 34 heavy (non-hydrogen) atoms. The Bertz CT molecular complexity index is 1390. The van der Waals surface area contributed by atoms with Crippen molar-refractivity contribution in [1.29, 1.82) is 0 Å².